The van der Waals surface area contributed by atoms with Crippen molar-refractivity contribution in [1.29, 1.82) is 0 Å². The number of benzene rings is 2. The summed E-state index contributed by atoms with van der Waals surface area (Å²) in [5, 5.41) is 18.7. The Morgan fingerprint density at radius 3 is 2.71 bits per heavy atom. The van der Waals surface area contributed by atoms with Gasteiger partial charge in [-0.3, -0.25) is 10.1 Å². The molecule has 1 N–H and O–H groups in total. The van der Waals surface area contributed by atoms with Crippen LogP contribution in [0.4, 0.5) is 11.5 Å². The van der Waals surface area contributed by atoms with E-state index in [-0.39, 0.29) is 18.0 Å². The van der Waals surface area contributed by atoms with Gasteiger partial charge in [-0.1, -0.05) is 30.3 Å². The molecular formula is C22H20N4O5. The lowest BCUT2D eigenvalue weighted by Crippen LogP contribution is -2.29. The highest BCUT2D eigenvalue weighted by atomic mass is 16.6. The Morgan fingerprint density at radius 1 is 1.23 bits per heavy atom. The first-order valence-electron chi connectivity index (χ1n) is 9.54. The molecule has 2 heterocycles. The van der Waals surface area contributed by atoms with Crippen LogP contribution in [0.1, 0.15) is 24.1 Å². The van der Waals surface area contributed by atoms with Crippen molar-refractivity contribution in [2.75, 3.05) is 12.4 Å². The second kappa shape index (κ2) is 8.31. The van der Waals surface area contributed by atoms with Crippen LogP contribution in [0.15, 0.2) is 72.1 Å². The first kappa shape index (κ1) is 20.1. The summed E-state index contributed by atoms with van der Waals surface area (Å²) in [7, 11) is 1.43. The maximum Gasteiger partial charge on any atom is 0.338 e. The summed E-state index contributed by atoms with van der Waals surface area (Å²) in [5.41, 5.74) is 2.27. The van der Waals surface area contributed by atoms with Crippen molar-refractivity contribution in [2.24, 2.45) is 0 Å². The molecule has 1 aromatic heterocycles. The first-order valence-corrected chi connectivity index (χ1v) is 9.54. The number of hydrogen-bond acceptors (Lipinski definition) is 7. The number of anilines is 1. The average molecular weight is 420 g/mol. The molecule has 1 aliphatic heterocycles. The lowest BCUT2D eigenvalue weighted by molar-refractivity contribution is -0.384. The molecule has 0 bridgehead atoms. The third-order valence-electron chi connectivity index (χ3n) is 5.06. The zero-order chi connectivity index (χ0) is 22.0. The molecule has 4 rings (SSSR count). The van der Waals surface area contributed by atoms with Gasteiger partial charge in [0.25, 0.3) is 5.69 Å². The number of carbonyl (C=O) groups excluding carboxylic acids is 1. The number of nitrogens with zero attached hydrogens (tertiary/aromatic N) is 3. The summed E-state index contributed by atoms with van der Waals surface area (Å²) in [6, 6.07) is 14.8. The number of fused-ring (bicyclic) bond motifs is 1. The van der Waals surface area contributed by atoms with Crippen molar-refractivity contribution in [3.63, 3.8) is 0 Å². The lowest BCUT2D eigenvalue weighted by Gasteiger charge is -2.30. The summed E-state index contributed by atoms with van der Waals surface area (Å²) in [6.07, 6.45) is 1.61. The molecule has 9 heteroatoms. The van der Waals surface area contributed by atoms with Gasteiger partial charge >= 0.3 is 5.97 Å². The predicted molar refractivity (Wildman–Crippen MR) is 113 cm³/mol. The number of methoxy groups -OCH3 is 1. The summed E-state index contributed by atoms with van der Waals surface area (Å²) < 4.78 is 12.7. The number of non-ortho nitro benzene ring substituents is 1. The monoisotopic (exact) mass is 420 g/mol. The van der Waals surface area contributed by atoms with E-state index in [1.165, 1.54) is 19.2 Å². The Bertz CT molecular complexity index is 1170. The van der Waals surface area contributed by atoms with Crippen molar-refractivity contribution in [3.8, 4) is 5.75 Å². The summed E-state index contributed by atoms with van der Waals surface area (Å²) >= 11 is 0. The van der Waals surface area contributed by atoms with Gasteiger partial charge in [0.1, 0.15) is 24.2 Å². The fourth-order valence-electron chi connectivity index (χ4n) is 3.60. The third-order valence-corrected chi connectivity index (χ3v) is 5.06. The largest absolute Gasteiger partial charge is 0.496 e. The van der Waals surface area contributed by atoms with Gasteiger partial charge in [0.05, 0.1) is 29.9 Å². The van der Waals surface area contributed by atoms with Crippen LogP contribution in [0.3, 0.4) is 0 Å². The second-order valence-electron chi connectivity index (χ2n) is 6.97. The number of nitro benzene ring substituents is 1. The SMILES string of the molecule is COc1cc([N+](=O)[O-])ccc1C1C(C(=O)OCc2ccccc2)=C(C)Nc2ccnn21. The van der Waals surface area contributed by atoms with Gasteiger partial charge in [-0.25, -0.2) is 9.48 Å². The molecule has 2 aromatic carbocycles. The van der Waals surface area contributed by atoms with Crippen molar-refractivity contribution in [1.82, 2.24) is 9.78 Å². The molecule has 1 aliphatic rings. The highest BCUT2D eigenvalue weighted by Crippen LogP contribution is 2.41. The molecule has 1 unspecified atom stereocenters. The minimum absolute atomic E-state index is 0.107. The van der Waals surface area contributed by atoms with Crippen LogP contribution in [0.25, 0.3) is 0 Å². The molecule has 31 heavy (non-hydrogen) atoms. The standard InChI is InChI=1S/C22H20N4O5/c1-14-20(22(27)31-13-15-6-4-3-5-7-15)21(25-19(24-14)10-11-23-25)17-9-8-16(26(28)29)12-18(17)30-2/h3-12,21,24H,13H2,1-2H3. The smallest absolute Gasteiger partial charge is 0.338 e. The van der Waals surface area contributed by atoms with Crippen LogP contribution in [-0.4, -0.2) is 27.8 Å². The number of esters is 1. The summed E-state index contributed by atoms with van der Waals surface area (Å²) in [4.78, 5) is 23.9. The van der Waals surface area contributed by atoms with Gasteiger partial charge in [-0.15, -0.1) is 0 Å². The molecule has 3 aromatic rings. The van der Waals surface area contributed by atoms with Gasteiger partial charge in [-0.2, -0.15) is 5.10 Å². The van der Waals surface area contributed by atoms with Gasteiger partial charge in [0.15, 0.2) is 0 Å². The van der Waals surface area contributed by atoms with Crippen LogP contribution in [0.5, 0.6) is 5.75 Å². The van der Waals surface area contributed by atoms with Crippen molar-refractivity contribution < 1.29 is 19.2 Å². The quantitative estimate of drug-likeness (QED) is 0.367. The molecule has 0 amide bonds. The Hall–Kier alpha value is -4.14. The molecular weight excluding hydrogens is 400 g/mol. The van der Waals surface area contributed by atoms with E-state index < -0.39 is 16.9 Å². The molecule has 9 nitrogen and oxygen atoms in total. The maximum atomic E-state index is 13.2. The highest BCUT2D eigenvalue weighted by molar-refractivity contribution is 5.92. The van der Waals surface area contributed by atoms with E-state index in [0.717, 1.165) is 5.56 Å². The van der Waals surface area contributed by atoms with Gasteiger partial charge in [-0.05, 0) is 18.6 Å². The van der Waals surface area contributed by atoms with Crippen LogP contribution in [0.2, 0.25) is 0 Å². The molecule has 0 aliphatic carbocycles. The third kappa shape index (κ3) is 3.85. The number of rotatable bonds is 6. The van der Waals surface area contributed by atoms with Crippen LogP contribution in [-0.2, 0) is 16.1 Å². The Kier molecular flexibility index (Phi) is 5.40. The van der Waals surface area contributed by atoms with Crippen molar-refractivity contribution >= 4 is 17.5 Å². The minimum atomic E-state index is -0.676. The van der Waals surface area contributed by atoms with Gasteiger partial charge in [0, 0.05) is 23.4 Å². The van der Waals surface area contributed by atoms with E-state index in [9.17, 15) is 14.9 Å². The van der Waals surface area contributed by atoms with E-state index >= 15 is 0 Å². The van der Waals surface area contributed by atoms with Crippen molar-refractivity contribution in [2.45, 2.75) is 19.6 Å². The number of ether oxygens (including phenoxy) is 2. The lowest BCUT2D eigenvalue weighted by atomic mass is 9.94. The topological polar surface area (TPSA) is 109 Å². The van der Waals surface area contributed by atoms with Crippen molar-refractivity contribution in [3.05, 3.63) is 93.3 Å². The number of carbonyl (C=O) groups is 1. The molecule has 0 spiro atoms. The molecule has 0 saturated heterocycles. The number of nitrogens with one attached hydrogen (secondary N) is 1. The van der Waals surface area contributed by atoms with E-state index in [1.807, 2.05) is 30.3 Å². The molecule has 0 radical (unpaired) electrons. The Balaban J connectivity index is 1.75. The second-order valence-corrected chi connectivity index (χ2v) is 6.97. The normalized spacial score (nSPS) is 15.1. The fraction of sp³-hybridized carbons (Fsp3) is 0.182. The molecule has 0 saturated carbocycles. The zero-order valence-corrected chi connectivity index (χ0v) is 16.9. The van der Waals surface area contributed by atoms with Gasteiger partial charge < -0.3 is 14.8 Å². The molecule has 1 atom stereocenters. The average Bonchev–Trinajstić information content (AvgIpc) is 3.24. The minimum Gasteiger partial charge on any atom is -0.496 e. The first-order chi connectivity index (χ1) is 15.0. The van der Waals surface area contributed by atoms with E-state index in [4.69, 9.17) is 9.47 Å². The molecule has 158 valence electrons. The summed E-state index contributed by atoms with van der Waals surface area (Å²) in [5.74, 6) is 0.451. The molecule has 0 fully saturated rings. The fourth-order valence-corrected chi connectivity index (χ4v) is 3.60. The number of aromatic nitrogens is 2. The maximum absolute atomic E-state index is 13.2. The van der Waals surface area contributed by atoms with E-state index in [1.54, 1.807) is 29.9 Å². The zero-order valence-electron chi connectivity index (χ0n) is 16.9. The Morgan fingerprint density at radius 2 is 2.00 bits per heavy atom. The van der Waals surface area contributed by atoms with E-state index in [0.29, 0.717) is 22.7 Å². The van der Waals surface area contributed by atoms with Crippen LogP contribution >= 0.6 is 0 Å². The number of nitro groups is 1. The summed E-state index contributed by atoms with van der Waals surface area (Å²) in [6.45, 7) is 1.90. The number of hydrogen-bond donors (Lipinski definition) is 1. The number of allylic oxidation sites excluding steroid dienone is 1. The Labute approximate surface area is 178 Å². The predicted octanol–water partition coefficient (Wildman–Crippen LogP) is 3.83. The van der Waals surface area contributed by atoms with Gasteiger partial charge in [0.2, 0.25) is 0 Å². The highest BCUT2D eigenvalue weighted by Gasteiger charge is 2.35. The van der Waals surface area contributed by atoms with Crippen LogP contribution < -0.4 is 10.1 Å². The van der Waals surface area contributed by atoms with E-state index in [2.05, 4.69) is 10.4 Å². The van der Waals surface area contributed by atoms with Crippen LogP contribution in [0, 0.1) is 10.1 Å².